The van der Waals surface area contributed by atoms with Crippen LogP contribution in [0.5, 0.6) is 0 Å². The van der Waals surface area contributed by atoms with Crippen molar-refractivity contribution >= 4 is 5.97 Å². The van der Waals surface area contributed by atoms with E-state index in [1.807, 2.05) is 6.07 Å². The summed E-state index contributed by atoms with van der Waals surface area (Å²) in [5.41, 5.74) is 0.0893. The maximum absolute atomic E-state index is 11.1. The van der Waals surface area contributed by atoms with E-state index in [1.165, 1.54) is 32.1 Å². The van der Waals surface area contributed by atoms with Crippen LogP contribution in [-0.2, 0) is 10.3 Å². The number of aliphatic carboxylic acids is 1. The lowest BCUT2D eigenvalue weighted by Crippen LogP contribution is -2.36. The van der Waals surface area contributed by atoms with E-state index in [2.05, 4.69) is 5.10 Å². The molecule has 0 aromatic carbocycles. The van der Waals surface area contributed by atoms with Crippen molar-refractivity contribution in [3.05, 3.63) is 18.0 Å². The lowest BCUT2D eigenvalue weighted by atomic mass is 9.87. The molecule has 0 aliphatic heterocycles. The minimum Gasteiger partial charge on any atom is -0.479 e. The fourth-order valence-electron chi connectivity index (χ4n) is 2.36. The SMILES string of the molecule is CC(C)(C(=O)O)n1ccc(C2CCCCC2)n1. The molecule has 1 aliphatic rings. The number of hydrogen-bond acceptors (Lipinski definition) is 2. The van der Waals surface area contributed by atoms with E-state index in [0.29, 0.717) is 5.92 Å². The zero-order valence-corrected chi connectivity index (χ0v) is 10.5. The van der Waals surface area contributed by atoms with Crippen LogP contribution in [0.15, 0.2) is 12.3 Å². The van der Waals surface area contributed by atoms with Gasteiger partial charge in [0.2, 0.25) is 0 Å². The van der Waals surface area contributed by atoms with Gasteiger partial charge in [0.05, 0.1) is 5.69 Å². The van der Waals surface area contributed by atoms with Gasteiger partial charge in [-0.25, -0.2) is 4.79 Å². The lowest BCUT2D eigenvalue weighted by molar-refractivity contribution is -0.146. The van der Waals surface area contributed by atoms with E-state index in [4.69, 9.17) is 5.11 Å². The molecule has 0 saturated heterocycles. The molecule has 0 spiro atoms. The highest BCUT2D eigenvalue weighted by Crippen LogP contribution is 2.32. The van der Waals surface area contributed by atoms with Crippen molar-refractivity contribution in [3.8, 4) is 0 Å². The summed E-state index contributed by atoms with van der Waals surface area (Å²) in [7, 11) is 0. The Morgan fingerprint density at radius 3 is 2.65 bits per heavy atom. The van der Waals surface area contributed by atoms with Crippen molar-refractivity contribution < 1.29 is 9.90 Å². The maximum atomic E-state index is 11.1. The standard InChI is InChI=1S/C13H20N2O2/c1-13(2,12(16)17)15-9-8-11(14-15)10-6-4-3-5-7-10/h8-10H,3-7H2,1-2H3,(H,16,17). The second-order valence-corrected chi connectivity index (χ2v) is 5.38. The van der Waals surface area contributed by atoms with Crippen LogP contribution in [-0.4, -0.2) is 20.9 Å². The van der Waals surface area contributed by atoms with Crippen LogP contribution in [0, 0.1) is 0 Å². The molecule has 2 rings (SSSR count). The number of hydrogen-bond donors (Lipinski definition) is 1. The largest absolute Gasteiger partial charge is 0.479 e. The summed E-state index contributed by atoms with van der Waals surface area (Å²) in [5, 5.41) is 13.6. The van der Waals surface area contributed by atoms with Gasteiger partial charge in [-0.05, 0) is 32.8 Å². The van der Waals surface area contributed by atoms with Crippen molar-refractivity contribution in [2.75, 3.05) is 0 Å². The normalized spacial score (nSPS) is 18.2. The Hall–Kier alpha value is -1.32. The second kappa shape index (κ2) is 4.51. The number of carboxylic acid groups (broad SMARTS) is 1. The van der Waals surface area contributed by atoms with E-state index < -0.39 is 11.5 Å². The minimum atomic E-state index is -0.965. The maximum Gasteiger partial charge on any atom is 0.331 e. The third-order valence-electron chi connectivity index (χ3n) is 3.73. The van der Waals surface area contributed by atoms with Gasteiger partial charge in [-0.2, -0.15) is 5.10 Å². The summed E-state index contributed by atoms with van der Waals surface area (Å²) in [6.45, 7) is 3.35. The Labute approximate surface area is 102 Å². The molecule has 1 aromatic rings. The zero-order chi connectivity index (χ0) is 12.5. The molecule has 0 amide bonds. The van der Waals surface area contributed by atoms with Crippen LogP contribution in [0.2, 0.25) is 0 Å². The highest BCUT2D eigenvalue weighted by molar-refractivity contribution is 5.75. The first-order chi connectivity index (χ1) is 8.01. The molecule has 4 nitrogen and oxygen atoms in total. The first-order valence-electron chi connectivity index (χ1n) is 6.31. The number of rotatable bonds is 3. The van der Waals surface area contributed by atoms with Crippen LogP contribution in [0.1, 0.15) is 57.6 Å². The molecule has 94 valence electrons. The van der Waals surface area contributed by atoms with E-state index in [0.717, 1.165) is 5.69 Å². The molecule has 0 bridgehead atoms. The van der Waals surface area contributed by atoms with E-state index >= 15 is 0 Å². The van der Waals surface area contributed by atoms with Crippen molar-refractivity contribution in [3.63, 3.8) is 0 Å². The molecule has 1 saturated carbocycles. The third kappa shape index (κ3) is 2.35. The predicted octanol–water partition coefficient (Wildman–Crippen LogP) is 2.75. The number of carboxylic acids is 1. The van der Waals surface area contributed by atoms with Gasteiger partial charge >= 0.3 is 5.97 Å². The molecule has 1 aliphatic carbocycles. The summed E-state index contributed by atoms with van der Waals surface area (Å²) in [6.07, 6.45) is 8.00. The molecule has 0 atom stereocenters. The summed E-state index contributed by atoms with van der Waals surface area (Å²) < 4.78 is 1.57. The van der Waals surface area contributed by atoms with Crippen LogP contribution >= 0.6 is 0 Å². The molecule has 1 heterocycles. The van der Waals surface area contributed by atoms with Gasteiger partial charge in [-0.15, -0.1) is 0 Å². The van der Waals surface area contributed by atoms with Gasteiger partial charge in [0.15, 0.2) is 5.54 Å². The Balaban J connectivity index is 2.17. The van der Waals surface area contributed by atoms with Gasteiger partial charge in [0, 0.05) is 12.1 Å². The molecule has 1 aromatic heterocycles. The van der Waals surface area contributed by atoms with Crippen molar-refractivity contribution in [2.45, 2.75) is 57.4 Å². The van der Waals surface area contributed by atoms with Gasteiger partial charge in [-0.1, -0.05) is 19.3 Å². The molecular weight excluding hydrogens is 216 g/mol. The first-order valence-corrected chi connectivity index (χ1v) is 6.31. The molecular formula is C13H20N2O2. The van der Waals surface area contributed by atoms with Crippen LogP contribution in [0.4, 0.5) is 0 Å². The molecule has 0 radical (unpaired) electrons. The van der Waals surface area contributed by atoms with Gasteiger partial charge in [-0.3, -0.25) is 4.68 Å². The van der Waals surface area contributed by atoms with E-state index in [1.54, 1.807) is 24.7 Å². The zero-order valence-electron chi connectivity index (χ0n) is 10.5. The molecule has 1 fully saturated rings. The van der Waals surface area contributed by atoms with Gasteiger partial charge in [0.25, 0.3) is 0 Å². The highest BCUT2D eigenvalue weighted by atomic mass is 16.4. The summed E-state index contributed by atoms with van der Waals surface area (Å²) in [4.78, 5) is 11.1. The predicted molar refractivity (Wildman–Crippen MR) is 65.0 cm³/mol. The Morgan fingerprint density at radius 1 is 1.41 bits per heavy atom. The highest BCUT2D eigenvalue weighted by Gasteiger charge is 2.31. The Bertz CT molecular complexity index is 403. The average Bonchev–Trinajstić information content (AvgIpc) is 2.80. The monoisotopic (exact) mass is 236 g/mol. The first kappa shape index (κ1) is 12.1. The topological polar surface area (TPSA) is 55.1 Å². The fraction of sp³-hybridized carbons (Fsp3) is 0.692. The van der Waals surface area contributed by atoms with Gasteiger partial charge < -0.3 is 5.11 Å². The molecule has 17 heavy (non-hydrogen) atoms. The minimum absolute atomic E-state index is 0.523. The molecule has 0 unspecified atom stereocenters. The number of nitrogens with zero attached hydrogens (tertiary/aromatic N) is 2. The van der Waals surface area contributed by atoms with E-state index in [9.17, 15) is 4.79 Å². The van der Waals surface area contributed by atoms with E-state index in [-0.39, 0.29) is 0 Å². The molecule has 1 N–H and O–H groups in total. The van der Waals surface area contributed by atoms with Crippen LogP contribution in [0.3, 0.4) is 0 Å². The summed E-state index contributed by atoms with van der Waals surface area (Å²) in [5.74, 6) is -0.328. The number of carbonyl (C=O) groups is 1. The van der Waals surface area contributed by atoms with Crippen LogP contribution in [0.25, 0.3) is 0 Å². The van der Waals surface area contributed by atoms with Crippen molar-refractivity contribution in [1.29, 1.82) is 0 Å². The molecule has 4 heteroatoms. The summed E-state index contributed by atoms with van der Waals surface area (Å²) >= 11 is 0. The van der Waals surface area contributed by atoms with Crippen molar-refractivity contribution in [2.24, 2.45) is 0 Å². The summed E-state index contributed by atoms with van der Waals surface area (Å²) in [6, 6.07) is 1.97. The van der Waals surface area contributed by atoms with Crippen LogP contribution < -0.4 is 0 Å². The third-order valence-corrected chi connectivity index (χ3v) is 3.73. The Kier molecular flexibility index (Phi) is 3.22. The van der Waals surface area contributed by atoms with Gasteiger partial charge in [0.1, 0.15) is 0 Å². The average molecular weight is 236 g/mol. The van der Waals surface area contributed by atoms with Crippen molar-refractivity contribution in [1.82, 2.24) is 9.78 Å². The fourth-order valence-corrected chi connectivity index (χ4v) is 2.36. The lowest BCUT2D eigenvalue weighted by Gasteiger charge is -2.21. The quantitative estimate of drug-likeness (QED) is 0.878. The second-order valence-electron chi connectivity index (χ2n) is 5.38. The Morgan fingerprint density at radius 2 is 2.06 bits per heavy atom. The number of aromatic nitrogens is 2. The smallest absolute Gasteiger partial charge is 0.331 e.